The third kappa shape index (κ3) is 23.2. The highest BCUT2D eigenvalue weighted by Gasteiger charge is 2.10. The van der Waals surface area contributed by atoms with E-state index < -0.39 is 0 Å². The van der Waals surface area contributed by atoms with Crippen LogP contribution in [0.1, 0.15) is 110 Å². The predicted molar refractivity (Wildman–Crippen MR) is 158 cm³/mol. The lowest BCUT2D eigenvalue weighted by Crippen LogP contribution is -2.29. The minimum absolute atomic E-state index is 0.415. The molecule has 0 aromatic rings. The van der Waals surface area contributed by atoms with Crippen LogP contribution in [0, 0.1) is 22.7 Å². The number of thioether (sulfide) groups is 2. The van der Waals surface area contributed by atoms with Gasteiger partial charge in [0.05, 0.1) is 31.6 Å². The van der Waals surface area contributed by atoms with E-state index in [4.69, 9.17) is 39.7 Å². The maximum absolute atomic E-state index is 8.78. The van der Waals surface area contributed by atoms with Crippen molar-refractivity contribution < 1.29 is 4.74 Å². The molecule has 4 nitrogen and oxygen atoms in total. The fourth-order valence-corrected chi connectivity index (χ4v) is 5.81. The predicted octanol–water partition coefficient (Wildman–Crippen LogP) is 8.65. The molecular formula is C26H45N3OS4. The molecule has 0 rings (SSSR count). The van der Waals surface area contributed by atoms with Gasteiger partial charge in [-0.1, -0.05) is 126 Å². The molecule has 0 aromatic heterocycles. The van der Waals surface area contributed by atoms with E-state index in [1.54, 1.807) is 23.5 Å². The Bertz CT molecular complexity index is 572. The molecular weight excluding hydrogens is 499 g/mol. The fourth-order valence-electron chi connectivity index (χ4n) is 3.50. The normalized spacial score (nSPS) is 10.4. The second kappa shape index (κ2) is 27.1. The molecule has 0 fully saturated rings. The molecule has 194 valence electrons. The van der Waals surface area contributed by atoms with Crippen LogP contribution in [0.3, 0.4) is 0 Å². The van der Waals surface area contributed by atoms with Gasteiger partial charge in [-0.15, -0.1) is 0 Å². The lowest BCUT2D eigenvalue weighted by atomic mass is 10.0. The summed E-state index contributed by atoms with van der Waals surface area (Å²) in [6.45, 7) is 4.15. The van der Waals surface area contributed by atoms with Crippen molar-refractivity contribution in [3.05, 3.63) is 0 Å². The van der Waals surface area contributed by atoms with Crippen molar-refractivity contribution in [1.29, 1.82) is 10.5 Å². The molecule has 0 unspecified atom stereocenters. The molecule has 0 aliphatic heterocycles. The second-order valence-corrected chi connectivity index (χ2v) is 11.9. The van der Waals surface area contributed by atoms with Gasteiger partial charge in [-0.25, -0.2) is 0 Å². The quantitative estimate of drug-likeness (QED) is 0.0993. The molecule has 0 radical (unpaired) electrons. The molecule has 0 saturated carbocycles. The standard InChI is InChI=1S/C26H45N3OS4/c1-2-3-4-5-6-7-8-9-10-11-12-13-14-15-22-30-26(32)34-24-23-33-25(31)29(20-16-18-27)21-17-19-28/h2-17,20-24H2,1H3. The Morgan fingerprint density at radius 2 is 1.15 bits per heavy atom. The van der Waals surface area contributed by atoms with E-state index in [0.29, 0.717) is 36.9 Å². The smallest absolute Gasteiger partial charge is 0.219 e. The molecule has 0 aliphatic rings. The summed E-state index contributed by atoms with van der Waals surface area (Å²) >= 11 is 13.9. The Hall–Kier alpha value is -0.540. The largest absolute Gasteiger partial charge is 0.479 e. The van der Waals surface area contributed by atoms with Crippen LogP contribution in [0.15, 0.2) is 0 Å². The third-order valence-corrected chi connectivity index (χ3v) is 8.51. The molecule has 0 N–H and O–H groups in total. The van der Waals surface area contributed by atoms with E-state index in [1.165, 1.54) is 83.5 Å². The molecule has 8 heteroatoms. The molecule has 0 amide bonds. The Balaban J connectivity index is 3.50. The zero-order valence-electron chi connectivity index (χ0n) is 21.2. The van der Waals surface area contributed by atoms with Crippen molar-refractivity contribution in [3.63, 3.8) is 0 Å². The number of ether oxygens (including phenoxy) is 1. The van der Waals surface area contributed by atoms with Crippen molar-refractivity contribution in [1.82, 2.24) is 4.90 Å². The average Bonchev–Trinajstić information content (AvgIpc) is 2.84. The van der Waals surface area contributed by atoms with Crippen molar-refractivity contribution in [3.8, 4) is 12.1 Å². The van der Waals surface area contributed by atoms with Crippen LogP contribution < -0.4 is 0 Å². The third-order valence-electron chi connectivity index (χ3n) is 5.49. The maximum Gasteiger partial charge on any atom is 0.219 e. The van der Waals surface area contributed by atoms with Crippen LogP contribution in [0.4, 0.5) is 0 Å². The van der Waals surface area contributed by atoms with E-state index in [1.807, 2.05) is 4.90 Å². The summed E-state index contributed by atoms with van der Waals surface area (Å²) in [5.41, 5.74) is 0. The zero-order chi connectivity index (χ0) is 25.1. The lowest BCUT2D eigenvalue weighted by Gasteiger charge is -2.22. The number of nitrogens with zero attached hydrogens (tertiary/aromatic N) is 3. The average molecular weight is 544 g/mol. The van der Waals surface area contributed by atoms with Crippen LogP contribution in [-0.4, -0.2) is 44.8 Å². The monoisotopic (exact) mass is 543 g/mol. The van der Waals surface area contributed by atoms with Gasteiger partial charge >= 0.3 is 0 Å². The van der Waals surface area contributed by atoms with E-state index in [9.17, 15) is 0 Å². The first-order chi connectivity index (χ1) is 16.7. The number of unbranched alkanes of at least 4 members (excludes halogenated alkanes) is 13. The summed E-state index contributed by atoms with van der Waals surface area (Å²) < 4.78 is 7.05. The van der Waals surface area contributed by atoms with Gasteiger partial charge in [0, 0.05) is 24.6 Å². The van der Waals surface area contributed by atoms with Gasteiger partial charge in [-0.05, 0) is 18.6 Å². The summed E-state index contributed by atoms with van der Waals surface area (Å²) in [6, 6.07) is 4.27. The second-order valence-electron chi connectivity index (χ2n) is 8.46. The number of nitriles is 2. The summed E-state index contributed by atoms with van der Waals surface area (Å²) in [7, 11) is 0. The van der Waals surface area contributed by atoms with E-state index in [2.05, 4.69) is 19.1 Å². The molecule has 0 atom stereocenters. The van der Waals surface area contributed by atoms with Crippen LogP contribution >= 0.6 is 48.0 Å². The molecule has 0 aliphatic carbocycles. The number of hydrogen-bond acceptors (Lipinski definition) is 7. The van der Waals surface area contributed by atoms with Crippen LogP contribution in [0.5, 0.6) is 0 Å². The minimum Gasteiger partial charge on any atom is -0.479 e. The Morgan fingerprint density at radius 3 is 1.62 bits per heavy atom. The van der Waals surface area contributed by atoms with E-state index >= 15 is 0 Å². The molecule has 34 heavy (non-hydrogen) atoms. The molecule has 0 aromatic carbocycles. The topological polar surface area (TPSA) is 60.0 Å². The first kappa shape index (κ1) is 33.5. The van der Waals surface area contributed by atoms with Crippen LogP contribution in [0.2, 0.25) is 0 Å². The lowest BCUT2D eigenvalue weighted by molar-refractivity contribution is 0.307. The molecule has 0 spiro atoms. The summed E-state index contributed by atoms with van der Waals surface area (Å²) in [5, 5.41) is 17.6. The Morgan fingerprint density at radius 1 is 0.706 bits per heavy atom. The van der Waals surface area contributed by atoms with Crippen molar-refractivity contribution in [2.75, 3.05) is 31.2 Å². The van der Waals surface area contributed by atoms with Crippen LogP contribution in [0.25, 0.3) is 0 Å². The summed E-state index contributed by atoms with van der Waals surface area (Å²) in [4.78, 5) is 1.95. The van der Waals surface area contributed by atoms with E-state index in [0.717, 1.165) is 22.2 Å². The van der Waals surface area contributed by atoms with Crippen molar-refractivity contribution >= 4 is 56.7 Å². The maximum atomic E-state index is 8.78. The van der Waals surface area contributed by atoms with Gasteiger partial charge in [0.15, 0.2) is 0 Å². The SMILES string of the molecule is CCCCCCCCCCCCCCCCOC(=S)SCCSC(=S)N(CCC#N)CCC#N. The van der Waals surface area contributed by atoms with Gasteiger partial charge < -0.3 is 9.64 Å². The van der Waals surface area contributed by atoms with Gasteiger partial charge in [0.1, 0.15) is 4.32 Å². The fraction of sp³-hybridized carbons (Fsp3) is 0.846. The Kier molecular flexibility index (Phi) is 26.6. The van der Waals surface area contributed by atoms with Crippen LogP contribution in [-0.2, 0) is 4.74 Å². The zero-order valence-corrected chi connectivity index (χ0v) is 24.5. The van der Waals surface area contributed by atoms with Crippen molar-refractivity contribution in [2.24, 2.45) is 0 Å². The highest BCUT2D eigenvalue weighted by atomic mass is 32.2. The highest BCUT2D eigenvalue weighted by Crippen LogP contribution is 2.16. The number of rotatable bonds is 22. The number of thiocarbonyl (C=S) groups is 2. The molecule has 0 bridgehead atoms. The van der Waals surface area contributed by atoms with Gasteiger partial charge in [0.25, 0.3) is 0 Å². The van der Waals surface area contributed by atoms with Gasteiger partial charge in [-0.3, -0.25) is 0 Å². The molecule has 0 heterocycles. The summed E-state index contributed by atoms with van der Waals surface area (Å²) in [6.07, 6.45) is 19.8. The first-order valence-electron chi connectivity index (χ1n) is 13.1. The van der Waals surface area contributed by atoms with E-state index in [-0.39, 0.29) is 0 Å². The van der Waals surface area contributed by atoms with Crippen molar-refractivity contribution in [2.45, 2.75) is 110 Å². The minimum atomic E-state index is 0.415. The molecule has 0 saturated heterocycles. The first-order valence-corrected chi connectivity index (χ1v) is 15.9. The van der Waals surface area contributed by atoms with Gasteiger partial charge in [-0.2, -0.15) is 10.5 Å². The van der Waals surface area contributed by atoms with Gasteiger partial charge in [0.2, 0.25) is 4.38 Å². The summed E-state index contributed by atoms with van der Waals surface area (Å²) in [5.74, 6) is 1.67. The Labute approximate surface area is 228 Å². The highest BCUT2D eigenvalue weighted by molar-refractivity contribution is 8.25. The number of hydrogen-bond donors (Lipinski definition) is 0.